The van der Waals surface area contributed by atoms with E-state index in [9.17, 15) is 9.59 Å². The minimum absolute atomic E-state index is 0.00360. The van der Waals surface area contributed by atoms with E-state index in [1.165, 1.54) is 0 Å². The average Bonchev–Trinajstić information content (AvgIpc) is 2.45. The molecule has 2 amide bonds. The number of benzene rings is 1. The van der Waals surface area contributed by atoms with Crippen molar-refractivity contribution >= 4 is 29.1 Å². The normalized spacial score (nSPS) is 29.7. The number of fused-ring (bicyclic) bond motifs is 2. The van der Waals surface area contributed by atoms with E-state index in [1.54, 1.807) is 0 Å². The first-order chi connectivity index (χ1) is 11.0. The zero-order chi connectivity index (χ0) is 16.1. The van der Waals surface area contributed by atoms with E-state index >= 15 is 0 Å². The molecule has 4 fully saturated rings. The number of halogens is 1. The van der Waals surface area contributed by atoms with Crippen LogP contribution in [-0.2, 0) is 4.79 Å². The molecule has 23 heavy (non-hydrogen) atoms. The number of carbonyl (C=O) groups excluding carboxylic acids is 2. The Labute approximate surface area is 141 Å². The number of Topliss-reactive ketones (excluding diaryl/α,β-unsaturated/α-hetero) is 1. The van der Waals surface area contributed by atoms with Crippen molar-refractivity contribution in [2.45, 2.75) is 57.0 Å². The predicted molar refractivity (Wildman–Crippen MR) is 89.9 cm³/mol. The Balaban J connectivity index is 1.46. The highest BCUT2D eigenvalue weighted by Crippen LogP contribution is 2.42. The van der Waals surface area contributed by atoms with Crippen molar-refractivity contribution in [3.8, 4) is 0 Å². The number of hydrogen-bond donors (Lipinski definition) is 1. The van der Waals surface area contributed by atoms with Gasteiger partial charge in [-0.25, -0.2) is 4.79 Å². The summed E-state index contributed by atoms with van der Waals surface area (Å²) in [7, 11) is 0. The highest BCUT2D eigenvalue weighted by atomic mass is 35.5. The van der Waals surface area contributed by atoms with E-state index in [0.29, 0.717) is 29.9 Å². The van der Waals surface area contributed by atoms with E-state index in [2.05, 4.69) is 12.2 Å². The lowest BCUT2D eigenvalue weighted by Gasteiger charge is -2.54. The van der Waals surface area contributed by atoms with Gasteiger partial charge in [0.05, 0.1) is 0 Å². The molecule has 2 aliphatic carbocycles. The summed E-state index contributed by atoms with van der Waals surface area (Å²) in [6.07, 6.45) is 4.49. The molecule has 5 heteroatoms. The SMILES string of the molecule is CC1CC2CC(C1)N2C(=O)Nc1ccc(Cl)c(C2CC(=O)C2)c1. The van der Waals surface area contributed by atoms with Crippen molar-refractivity contribution < 1.29 is 9.59 Å². The van der Waals surface area contributed by atoms with Crippen molar-refractivity contribution in [2.24, 2.45) is 5.92 Å². The molecule has 2 bridgehead atoms. The molecule has 4 aliphatic rings. The lowest BCUT2D eigenvalue weighted by Crippen LogP contribution is -2.63. The molecule has 1 aromatic rings. The van der Waals surface area contributed by atoms with Gasteiger partial charge < -0.3 is 10.2 Å². The first kappa shape index (κ1) is 15.0. The van der Waals surface area contributed by atoms with E-state index in [-0.39, 0.29) is 17.7 Å². The topological polar surface area (TPSA) is 49.4 Å². The number of nitrogens with one attached hydrogen (secondary N) is 1. The molecule has 2 heterocycles. The van der Waals surface area contributed by atoms with Crippen LogP contribution in [0, 0.1) is 5.92 Å². The summed E-state index contributed by atoms with van der Waals surface area (Å²) in [5.74, 6) is 1.21. The van der Waals surface area contributed by atoms with E-state index in [4.69, 9.17) is 11.6 Å². The Bertz CT molecular complexity index is 655. The van der Waals surface area contributed by atoms with E-state index in [1.807, 2.05) is 23.1 Å². The largest absolute Gasteiger partial charge is 0.322 e. The van der Waals surface area contributed by atoms with Crippen LogP contribution in [-0.4, -0.2) is 28.8 Å². The second-order valence-electron chi connectivity index (χ2n) is 7.34. The van der Waals surface area contributed by atoms with Gasteiger partial charge in [-0.05, 0) is 54.9 Å². The van der Waals surface area contributed by atoms with Gasteiger partial charge in [-0.2, -0.15) is 0 Å². The number of urea groups is 1. The fraction of sp³-hybridized carbons (Fsp3) is 0.556. The van der Waals surface area contributed by atoms with Crippen LogP contribution >= 0.6 is 11.6 Å². The smallest absolute Gasteiger partial charge is 0.318 e. The summed E-state index contributed by atoms with van der Waals surface area (Å²) in [5, 5.41) is 3.69. The number of ketones is 1. The van der Waals surface area contributed by atoms with Gasteiger partial charge in [0.15, 0.2) is 0 Å². The van der Waals surface area contributed by atoms with Crippen molar-refractivity contribution in [1.29, 1.82) is 0 Å². The molecule has 2 unspecified atom stereocenters. The number of nitrogens with zero attached hydrogens (tertiary/aromatic N) is 1. The number of amides is 2. The van der Waals surface area contributed by atoms with E-state index < -0.39 is 0 Å². The third-order valence-corrected chi connectivity index (χ3v) is 5.89. The van der Waals surface area contributed by atoms with Gasteiger partial charge in [0.1, 0.15) is 5.78 Å². The van der Waals surface area contributed by atoms with Gasteiger partial charge in [-0.15, -0.1) is 0 Å². The van der Waals surface area contributed by atoms with Crippen LogP contribution in [0.4, 0.5) is 10.5 Å². The number of rotatable bonds is 2. The Hall–Kier alpha value is -1.55. The molecular formula is C18H21ClN2O2. The Morgan fingerprint density at radius 2 is 1.91 bits per heavy atom. The molecular weight excluding hydrogens is 312 g/mol. The highest BCUT2D eigenvalue weighted by molar-refractivity contribution is 6.31. The van der Waals surface area contributed by atoms with Crippen molar-refractivity contribution in [3.63, 3.8) is 0 Å². The molecule has 1 aromatic carbocycles. The predicted octanol–water partition coefficient (Wildman–Crippen LogP) is 4.19. The molecule has 4 nitrogen and oxygen atoms in total. The lowest BCUT2D eigenvalue weighted by molar-refractivity contribution is -0.124. The summed E-state index contributed by atoms with van der Waals surface area (Å²) < 4.78 is 0. The first-order valence-corrected chi connectivity index (χ1v) is 8.79. The maximum atomic E-state index is 12.5. The molecule has 2 saturated carbocycles. The van der Waals surface area contributed by atoms with Crippen molar-refractivity contribution in [1.82, 2.24) is 4.90 Å². The van der Waals surface area contributed by atoms with Crippen LogP contribution in [0.3, 0.4) is 0 Å². The zero-order valence-electron chi connectivity index (χ0n) is 13.2. The molecule has 1 N–H and O–H groups in total. The quantitative estimate of drug-likeness (QED) is 0.882. The van der Waals surface area contributed by atoms with Gasteiger partial charge >= 0.3 is 6.03 Å². The number of carbonyl (C=O) groups is 2. The number of anilines is 1. The Morgan fingerprint density at radius 1 is 1.22 bits per heavy atom. The maximum absolute atomic E-state index is 12.5. The molecule has 0 radical (unpaired) electrons. The van der Waals surface area contributed by atoms with Crippen LogP contribution in [0.5, 0.6) is 0 Å². The lowest BCUT2D eigenvalue weighted by atomic mass is 9.74. The van der Waals surface area contributed by atoms with Gasteiger partial charge in [0, 0.05) is 35.6 Å². The summed E-state index contributed by atoms with van der Waals surface area (Å²) in [6.45, 7) is 2.26. The van der Waals surface area contributed by atoms with Gasteiger partial charge in [-0.1, -0.05) is 18.5 Å². The summed E-state index contributed by atoms with van der Waals surface area (Å²) in [5.41, 5.74) is 1.74. The zero-order valence-corrected chi connectivity index (χ0v) is 14.0. The van der Waals surface area contributed by atoms with Crippen molar-refractivity contribution in [3.05, 3.63) is 28.8 Å². The Morgan fingerprint density at radius 3 is 2.57 bits per heavy atom. The molecule has 2 aliphatic heterocycles. The first-order valence-electron chi connectivity index (χ1n) is 8.41. The molecule has 5 rings (SSSR count). The molecule has 0 spiro atoms. The summed E-state index contributed by atoms with van der Waals surface area (Å²) in [4.78, 5) is 25.8. The fourth-order valence-electron chi connectivity index (χ4n) is 4.31. The van der Waals surface area contributed by atoms with Gasteiger partial charge in [0.2, 0.25) is 0 Å². The number of hydrogen-bond acceptors (Lipinski definition) is 2. The van der Waals surface area contributed by atoms with Crippen LogP contribution in [0.25, 0.3) is 0 Å². The average molecular weight is 333 g/mol. The van der Waals surface area contributed by atoms with Crippen molar-refractivity contribution in [2.75, 3.05) is 5.32 Å². The minimum atomic E-state index is -0.00360. The molecule has 0 aromatic heterocycles. The second-order valence-corrected chi connectivity index (χ2v) is 7.74. The standard InChI is InChI=1S/C18H21ClN2O2/c1-10-4-13-9-14(5-10)21(13)18(23)20-12-2-3-17(19)16(8-12)11-6-15(22)7-11/h2-3,8,10-11,13-14H,4-7,9H2,1H3,(H,20,23). The minimum Gasteiger partial charge on any atom is -0.318 e. The fourth-order valence-corrected chi connectivity index (χ4v) is 4.58. The van der Waals surface area contributed by atoms with Crippen LogP contribution in [0.2, 0.25) is 5.02 Å². The highest BCUT2D eigenvalue weighted by Gasteiger charge is 2.46. The monoisotopic (exact) mass is 332 g/mol. The second kappa shape index (κ2) is 5.52. The van der Waals surface area contributed by atoms with Gasteiger partial charge in [0.25, 0.3) is 0 Å². The molecule has 2 atom stereocenters. The third-order valence-electron chi connectivity index (χ3n) is 5.55. The molecule has 122 valence electrons. The van der Waals surface area contributed by atoms with E-state index in [0.717, 1.165) is 36.4 Å². The summed E-state index contributed by atoms with van der Waals surface area (Å²) >= 11 is 6.25. The van der Waals surface area contributed by atoms with Crippen LogP contribution in [0.1, 0.15) is 50.5 Å². The number of piperidine rings is 1. The van der Waals surface area contributed by atoms with Gasteiger partial charge in [-0.3, -0.25) is 4.79 Å². The Kier molecular flexibility index (Phi) is 3.60. The molecule has 2 saturated heterocycles. The van der Waals surface area contributed by atoms with Crippen LogP contribution < -0.4 is 5.32 Å². The summed E-state index contributed by atoms with van der Waals surface area (Å²) in [6, 6.07) is 6.38. The third kappa shape index (κ3) is 2.63. The maximum Gasteiger partial charge on any atom is 0.322 e. The van der Waals surface area contributed by atoms with Crippen LogP contribution in [0.15, 0.2) is 18.2 Å².